The zero-order chi connectivity index (χ0) is 35.6. The third-order valence-electron chi connectivity index (χ3n) is 17.4. The summed E-state index contributed by atoms with van der Waals surface area (Å²) >= 11 is 0. The largest absolute Gasteiger partial charge is 0.390 e. The maximum atomic E-state index is 12.5. The van der Waals surface area contributed by atoms with Gasteiger partial charge in [0, 0.05) is 51.8 Å². The van der Waals surface area contributed by atoms with Gasteiger partial charge >= 0.3 is 0 Å². The van der Waals surface area contributed by atoms with Crippen LogP contribution in [0.15, 0.2) is 0 Å². The summed E-state index contributed by atoms with van der Waals surface area (Å²) in [4.78, 5) is 5.07. The molecule has 9 heteroatoms. The average Bonchev–Trinajstić information content (AvgIpc) is 3.67. The molecule has 0 amide bonds. The highest BCUT2D eigenvalue weighted by Crippen LogP contribution is 2.89. The predicted octanol–water partition coefficient (Wildman–Crippen LogP) is 4.55. The van der Waals surface area contributed by atoms with Crippen molar-refractivity contribution in [2.24, 2.45) is 56.7 Å². The molecule has 14 atom stereocenters. The van der Waals surface area contributed by atoms with Crippen LogP contribution in [0, 0.1) is 56.7 Å². The van der Waals surface area contributed by atoms with Crippen LogP contribution in [0.4, 0.5) is 0 Å². The number of hydrogen-bond acceptors (Lipinski definition) is 9. The molecule has 0 radical (unpaired) electrons. The Labute approximate surface area is 302 Å². The van der Waals surface area contributed by atoms with Crippen LogP contribution in [0.2, 0.25) is 0 Å². The maximum Gasteiger partial charge on any atom is 0.170 e. The molecule has 0 bridgehead atoms. The summed E-state index contributed by atoms with van der Waals surface area (Å²) in [6.45, 7) is 23.5. The predicted molar refractivity (Wildman–Crippen MR) is 191 cm³/mol. The molecule has 3 heterocycles. The molecule has 3 N–H and O–H groups in total. The lowest BCUT2D eigenvalue weighted by Gasteiger charge is -2.64. The molecule has 2 spiro atoms. The molecular formula is C41H70N2O7. The first-order chi connectivity index (χ1) is 23.5. The van der Waals surface area contributed by atoms with Crippen molar-refractivity contribution in [3.8, 4) is 0 Å². The van der Waals surface area contributed by atoms with E-state index in [1.165, 1.54) is 38.8 Å². The van der Waals surface area contributed by atoms with Gasteiger partial charge in [0.2, 0.25) is 0 Å². The fraction of sp³-hybridized carbons (Fsp3) is 1.00. The van der Waals surface area contributed by atoms with Crippen molar-refractivity contribution in [1.29, 1.82) is 0 Å². The van der Waals surface area contributed by atoms with Gasteiger partial charge in [0.25, 0.3) is 0 Å². The Balaban J connectivity index is 0.951. The normalized spacial score (nSPS) is 51.1. The molecule has 8 fully saturated rings. The van der Waals surface area contributed by atoms with Gasteiger partial charge in [-0.15, -0.1) is 0 Å². The minimum Gasteiger partial charge on any atom is -0.390 e. The van der Waals surface area contributed by atoms with Crippen LogP contribution in [0.1, 0.15) is 99.8 Å². The van der Waals surface area contributed by atoms with Crippen LogP contribution in [0.3, 0.4) is 0 Å². The Bertz CT molecular complexity index is 1270. The van der Waals surface area contributed by atoms with E-state index in [1.807, 2.05) is 0 Å². The van der Waals surface area contributed by atoms with Gasteiger partial charge in [-0.05, 0) is 116 Å². The van der Waals surface area contributed by atoms with E-state index < -0.39 is 23.9 Å². The maximum absolute atomic E-state index is 12.5. The lowest BCUT2D eigenvalue weighted by molar-refractivity contribution is -0.249. The number of fused-ring (bicyclic) bond motifs is 4. The molecule has 0 aromatic heterocycles. The molecule has 5 aliphatic carbocycles. The van der Waals surface area contributed by atoms with E-state index >= 15 is 0 Å². The van der Waals surface area contributed by atoms with Gasteiger partial charge in [-0.1, -0.05) is 34.6 Å². The van der Waals surface area contributed by atoms with Crippen molar-refractivity contribution in [3.63, 3.8) is 0 Å². The number of methoxy groups -OCH3 is 1. The Morgan fingerprint density at radius 3 is 2.40 bits per heavy atom. The summed E-state index contributed by atoms with van der Waals surface area (Å²) in [6.07, 6.45) is 6.82. The van der Waals surface area contributed by atoms with E-state index in [0.717, 1.165) is 71.0 Å². The highest BCUT2D eigenvalue weighted by atomic mass is 16.7. The van der Waals surface area contributed by atoms with E-state index in [2.05, 4.69) is 44.4 Å². The Morgan fingerprint density at radius 1 is 0.960 bits per heavy atom. The molecular weight excluding hydrogens is 632 g/mol. The molecule has 0 aromatic rings. The number of likely N-dealkylation sites (tertiary alicyclic amines) is 1. The second-order valence-corrected chi connectivity index (χ2v) is 20.5. The molecule has 3 saturated heterocycles. The van der Waals surface area contributed by atoms with Crippen LogP contribution in [0.25, 0.3) is 0 Å². The third kappa shape index (κ3) is 5.17. The van der Waals surface area contributed by atoms with Gasteiger partial charge in [-0.2, -0.15) is 0 Å². The number of rotatable bonds is 9. The van der Waals surface area contributed by atoms with E-state index in [1.54, 1.807) is 21.0 Å². The van der Waals surface area contributed by atoms with E-state index in [4.69, 9.17) is 18.9 Å². The highest BCUT2D eigenvalue weighted by molar-refractivity contribution is 5.33. The number of aliphatic hydroxyl groups excluding tert-OH is 2. The Kier molecular flexibility index (Phi) is 9.02. The van der Waals surface area contributed by atoms with Crippen molar-refractivity contribution >= 4 is 0 Å². The first-order valence-corrected chi connectivity index (χ1v) is 20.5. The number of aliphatic hydroxyl groups is 3. The van der Waals surface area contributed by atoms with Crippen molar-refractivity contribution in [2.45, 2.75) is 142 Å². The summed E-state index contributed by atoms with van der Waals surface area (Å²) in [6, 6.07) is 0. The minimum absolute atomic E-state index is 0.0184. The van der Waals surface area contributed by atoms with Crippen LogP contribution in [-0.2, 0) is 18.9 Å². The summed E-state index contributed by atoms with van der Waals surface area (Å²) < 4.78 is 25.3. The van der Waals surface area contributed by atoms with Crippen LogP contribution in [0.5, 0.6) is 0 Å². The first-order valence-electron chi connectivity index (χ1n) is 20.5. The summed E-state index contributed by atoms with van der Waals surface area (Å²) in [5.41, 5.74) is -0.817. The van der Waals surface area contributed by atoms with E-state index in [0.29, 0.717) is 23.2 Å². The van der Waals surface area contributed by atoms with Gasteiger partial charge in [0.15, 0.2) is 6.29 Å². The highest BCUT2D eigenvalue weighted by Gasteiger charge is 2.84. The van der Waals surface area contributed by atoms with Crippen molar-refractivity contribution in [2.75, 3.05) is 59.6 Å². The SMILES string of the molecule is COCCN1CC(CN2CCOC(OC3CCC45CC46CCC4(C)C7C(C)CC(C(O)C(C)(C)O)OC7C(O)C4(C)C6CCC5C3(C)C)C2)C1. The molecule has 9 nitrogen and oxygen atoms in total. The molecule has 3 aliphatic heterocycles. The van der Waals surface area contributed by atoms with Gasteiger partial charge < -0.3 is 39.2 Å². The molecule has 8 rings (SSSR count). The van der Waals surface area contributed by atoms with Crippen LogP contribution < -0.4 is 0 Å². The summed E-state index contributed by atoms with van der Waals surface area (Å²) in [5.74, 6) is 2.39. The molecule has 286 valence electrons. The zero-order valence-electron chi connectivity index (χ0n) is 32.5. The third-order valence-corrected chi connectivity index (χ3v) is 17.4. The zero-order valence-corrected chi connectivity index (χ0v) is 32.5. The van der Waals surface area contributed by atoms with Crippen molar-refractivity contribution in [1.82, 2.24) is 9.80 Å². The smallest absolute Gasteiger partial charge is 0.170 e. The van der Waals surface area contributed by atoms with E-state index in [-0.39, 0.29) is 46.1 Å². The van der Waals surface area contributed by atoms with Crippen molar-refractivity contribution < 1.29 is 34.3 Å². The van der Waals surface area contributed by atoms with E-state index in [9.17, 15) is 15.3 Å². The Hall–Kier alpha value is -0.360. The van der Waals surface area contributed by atoms with Gasteiger partial charge in [-0.3, -0.25) is 4.90 Å². The summed E-state index contributed by atoms with van der Waals surface area (Å²) in [5, 5.41) is 34.2. The van der Waals surface area contributed by atoms with Crippen LogP contribution in [-0.4, -0.2) is 127 Å². The Morgan fingerprint density at radius 2 is 1.68 bits per heavy atom. The molecule has 0 aromatic carbocycles. The quantitative estimate of drug-likeness (QED) is 0.319. The lowest BCUT2D eigenvalue weighted by atomic mass is 9.41. The second-order valence-electron chi connectivity index (χ2n) is 20.5. The lowest BCUT2D eigenvalue weighted by Crippen LogP contribution is -2.60. The van der Waals surface area contributed by atoms with Crippen LogP contribution >= 0.6 is 0 Å². The topological polar surface area (TPSA) is 104 Å². The second kappa shape index (κ2) is 12.3. The number of morpholine rings is 1. The van der Waals surface area contributed by atoms with Crippen molar-refractivity contribution in [3.05, 3.63) is 0 Å². The van der Waals surface area contributed by atoms with Gasteiger partial charge in [0.1, 0.15) is 6.10 Å². The molecule has 5 saturated carbocycles. The molecule has 50 heavy (non-hydrogen) atoms. The first kappa shape index (κ1) is 36.6. The number of ether oxygens (including phenoxy) is 4. The van der Waals surface area contributed by atoms with Gasteiger partial charge in [0.05, 0.1) is 43.2 Å². The van der Waals surface area contributed by atoms with Gasteiger partial charge in [-0.25, -0.2) is 0 Å². The number of hydrogen-bond donors (Lipinski definition) is 3. The molecule has 14 unspecified atom stereocenters. The standard InChI is InChI=1S/C41H70N2O7/c1-25-19-27(34(44)37(4,5)46)49-33-32(25)38(6)13-14-41-24-40(41)12-11-30(36(2,3)28(40)9-10-29(41)39(38,7)35(33)45)50-31-23-43(16-18-48-31)22-26-20-42(21-26)15-17-47-8/h25-35,44-46H,9-24H2,1-8H3. The fourth-order valence-corrected chi connectivity index (χ4v) is 14.9. The average molecular weight is 703 g/mol. The fourth-order valence-electron chi connectivity index (χ4n) is 14.9. The number of nitrogens with zero attached hydrogens (tertiary/aromatic N) is 2. The monoisotopic (exact) mass is 703 g/mol. The molecule has 8 aliphatic rings. The minimum atomic E-state index is -1.25. The summed E-state index contributed by atoms with van der Waals surface area (Å²) in [7, 11) is 1.78.